The minimum Gasteiger partial charge on any atom is -0.336 e. The van der Waals surface area contributed by atoms with Crippen LogP contribution in [0.5, 0.6) is 0 Å². The van der Waals surface area contributed by atoms with E-state index in [1.807, 2.05) is 4.90 Å². The van der Waals surface area contributed by atoms with Gasteiger partial charge in [-0.05, 0) is 24.8 Å². The maximum absolute atomic E-state index is 12.1. The van der Waals surface area contributed by atoms with E-state index in [9.17, 15) is 4.79 Å². The summed E-state index contributed by atoms with van der Waals surface area (Å²) in [6.45, 7) is 3.69. The number of piperidine rings is 1. The molecule has 0 spiro atoms. The summed E-state index contributed by atoms with van der Waals surface area (Å²) in [6.07, 6.45) is 5.23. The van der Waals surface area contributed by atoms with Gasteiger partial charge in [-0.2, -0.15) is 12.6 Å². The van der Waals surface area contributed by atoms with Crippen LogP contribution in [-0.4, -0.2) is 39.1 Å². The van der Waals surface area contributed by atoms with Crippen molar-refractivity contribution in [3.8, 4) is 0 Å². The van der Waals surface area contributed by atoms with Crippen molar-refractivity contribution >= 4 is 18.5 Å². The molecule has 17 heavy (non-hydrogen) atoms. The standard InChI is InChI=1S/C12H17N3OS/c1-9(17)10-3-7-15(8-4-10)12(16)11-13-5-2-6-14-11/h2,5-6,9-10,17H,3-4,7-8H2,1H3/t9-/m1/s1. The number of nitrogens with zero attached hydrogens (tertiary/aromatic N) is 3. The predicted octanol–water partition coefficient (Wildman–Crippen LogP) is 1.65. The Morgan fingerprint density at radius 2 is 2.00 bits per heavy atom. The zero-order valence-electron chi connectivity index (χ0n) is 9.91. The van der Waals surface area contributed by atoms with Crippen LogP contribution in [0.2, 0.25) is 0 Å². The first kappa shape index (κ1) is 12.4. The first-order chi connectivity index (χ1) is 8.18. The van der Waals surface area contributed by atoms with E-state index in [0.717, 1.165) is 25.9 Å². The molecule has 0 N–H and O–H groups in total. The third-order valence-electron chi connectivity index (χ3n) is 3.27. The average molecular weight is 251 g/mol. The topological polar surface area (TPSA) is 46.1 Å². The molecule has 2 heterocycles. The minimum absolute atomic E-state index is 0.0594. The number of carbonyl (C=O) groups is 1. The summed E-state index contributed by atoms with van der Waals surface area (Å²) in [5.74, 6) is 0.847. The Bertz CT molecular complexity index is 375. The van der Waals surface area contributed by atoms with E-state index in [0.29, 0.717) is 17.0 Å². The molecule has 0 unspecified atom stereocenters. The molecule has 1 atom stereocenters. The predicted molar refractivity (Wildman–Crippen MR) is 69.1 cm³/mol. The lowest BCUT2D eigenvalue weighted by atomic mass is 9.94. The summed E-state index contributed by atoms with van der Waals surface area (Å²) in [5.41, 5.74) is 0. The van der Waals surface area contributed by atoms with Crippen molar-refractivity contribution in [2.45, 2.75) is 25.0 Å². The van der Waals surface area contributed by atoms with Crippen LogP contribution in [0.4, 0.5) is 0 Å². The third-order valence-corrected chi connectivity index (χ3v) is 3.69. The molecule has 92 valence electrons. The number of hydrogen-bond donors (Lipinski definition) is 1. The van der Waals surface area contributed by atoms with Gasteiger partial charge in [0.1, 0.15) is 0 Å². The van der Waals surface area contributed by atoms with Crippen LogP contribution >= 0.6 is 12.6 Å². The lowest BCUT2D eigenvalue weighted by molar-refractivity contribution is 0.0678. The van der Waals surface area contributed by atoms with Crippen molar-refractivity contribution in [1.29, 1.82) is 0 Å². The van der Waals surface area contributed by atoms with Crippen LogP contribution < -0.4 is 0 Å². The van der Waals surface area contributed by atoms with Crippen molar-refractivity contribution in [3.63, 3.8) is 0 Å². The van der Waals surface area contributed by atoms with Gasteiger partial charge in [0.2, 0.25) is 5.82 Å². The van der Waals surface area contributed by atoms with Crippen LogP contribution in [0, 0.1) is 5.92 Å². The number of likely N-dealkylation sites (tertiary alicyclic amines) is 1. The van der Waals surface area contributed by atoms with E-state index in [1.54, 1.807) is 18.5 Å². The van der Waals surface area contributed by atoms with Crippen molar-refractivity contribution in [1.82, 2.24) is 14.9 Å². The summed E-state index contributed by atoms with van der Waals surface area (Å²) in [5, 5.41) is 0.403. The first-order valence-corrected chi connectivity index (χ1v) is 6.44. The molecule has 0 aromatic carbocycles. The number of rotatable bonds is 2. The van der Waals surface area contributed by atoms with Crippen molar-refractivity contribution < 1.29 is 4.79 Å². The average Bonchev–Trinajstić information content (AvgIpc) is 2.39. The normalized spacial score (nSPS) is 19.1. The quantitative estimate of drug-likeness (QED) is 0.813. The second-order valence-corrected chi connectivity index (χ2v) is 5.26. The fourth-order valence-corrected chi connectivity index (χ4v) is 2.43. The van der Waals surface area contributed by atoms with E-state index < -0.39 is 0 Å². The molecular formula is C12H17N3OS. The zero-order valence-corrected chi connectivity index (χ0v) is 10.8. The van der Waals surface area contributed by atoms with Gasteiger partial charge in [-0.25, -0.2) is 9.97 Å². The fraction of sp³-hybridized carbons (Fsp3) is 0.583. The second-order valence-electron chi connectivity index (χ2n) is 4.44. The molecular weight excluding hydrogens is 234 g/mol. The molecule has 1 fully saturated rings. The Morgan fingerprint density at radius 3 is 2.53 bits per heavy atom. The molecule has 1 aliphatic rings. The molecule has 0 bridgehead atoms. The van der Waals surface area contributed by atoms with Gasteiger partial charge in [0.25, 0.3) is 5.91 Å². The maximum atomic E-state index is 12.1. The lowest BCUT2D eigenvalue weighted by Crippen LogP contribution is -2.40. The van der Waals surface area contributed by atoms with Crippen LogP contribution in [0.25, 0.3) is 0 Å². The smallest absolute Gasteiger partial charge is 0.291 e. The molecule has 4 nitrogen and oxygen atoms in total. The molecule has 1 aromatic heterocycles. The van der Waals surface area contributed by atoms with Crippen LogP contribution in [-0.2, 0) is 0 Å². The second kappa shape index (κ2) is 5.49. The summed E-state index contributed by atoms with van der Waals surface area (Å²) in [7, 11) is 0. The third kappa shape index (κ3) is 2.97. The Kier molecular flexibility index (Phi) is 3.99. The first-order valence-electron chi connectivity index (χ1n) is 5.93. The number of amides is 1. The molecule has 1 saturated heterocycles. The van der Waals surface area contributed by atoms with Crippen molar-refractivity contribution in [2.24, 2.45) is 5.92 Å². The zero-order chi connectivity index (χ0) is 12.3. The van der Waals surface area contributed by atoms with Crippen molar-refractivity contribution in [2.75, 3.05) is 13.1 Å². The highest BCUT2D eigenvalue weighted by Gasteiger charge is 2.26. The summed E-state index contributed by atoms with van der Waals surface area (Å²) >= 11 is 4.46. The van der Waals surface area contributed by atoms with Gasteiger partial charge < -0.3 is 4.90 Å². The summed E-state index contributed by atoms with van der Waals surface area (Å²) in [6, 6.07) is 1.71. The largest absolute Gasteiger partial charge is 0.336 e. The van der Waals surface area contributed by atoms with E-state index in [4.69, 9.17) is 0 Å². The van der Waals surface area contributed by atoms with Crippen LogP contribution in [0.3, 0.4) is 0 Å². The molecule has 0 radical (unpaired) electrons. The minimum atomic E-state index is -0.0594. The van der Waals surface area contributed by atoms with E-state index in [2.05, 4.69) is 29.5 Å². The monoisotopic (exact) mass is 251 g/mol. The van der Waals surface area contributed by atoms with Gasteiger partial charge in [0, 0.05) is 30.7 Å². The fourth-order valence-electron chi connectivity index (χ4n) is 2.14. The molecule has 1 aromatic rings. The highest BCUT2D eigenvalue weighted by atomic mass is 32.1. The van der Waals surface area contributed by atoms with E-state index in [-0.39, 0.29) is 5.91 Å². The van der Waals surface area contributed by atoms with Gasteiger partial charge >= 0.3 is 0 Å². The van der Waals surface area contributed by atoms with Gasteiger partial charge in [-0.1, -0.05) is 6.92 Å². The molecule has 0 saturated carbocycles. The highest BCUT2D eigenvalue weighted by Crippen LogP contribution is 2.24. The number of thiol groups is 1. The van der Waals surface area contributed by atoms with Gasteiger partial charge in [-0.15, -0.1) is 0 Å². The Morgan fingerprint density at radius 1 is 1.41 bits per heavy atom. The molecule has 0 aliphatic carbocycles. The molecule has 1 aliphatic heterocycles. The van der Waals surface area contributed by atoms with E-state index in [1.165, 1.54) is 0 Å². The Hall–Kier alpha value is -1.10. The van der Waals surface area contributed by atoms with Gasteiger partial charge in [-0.3, -0.25) is 4.79 Å². The maximum Gasteiger partial charge on any atom is 0.291 e. The highest BCUT2D eigenvalue weighted by molar-refractivity contribution is 7.80. The molecule has 1 amide bonds. The molecule has 2 rings (SSSR count). The number of aromatic nitrogens is 2. The van der Waals surface area contributed by atoms with Crippen molar-refractivity contribution in [3.05, 3.63) is 24.3 Å². The van der Waals surface area contributed by atoms with Crippen LogP contribution in [0.1, 0.15) is 30.4 Å². The SMILES string of the molecule is C[C@@H](S)C1CCN(C(=O)c2ncccn2)CC1. The summed E-state index contributed by atoms with van der Waals surface area (Å²) in [4.78, 5) is 21.9. The van der Waals surface area contributed by atoms with Crippen LogP contribution in [0.15, 0.2) is 18.5 Å². The van der Waals surface area contributed by atoms with Gasteiger partial charge in [0.15, 0.2) is 0 Å². The Balaban J connectivity index is 1.95. The molecule has 5 heteroatoms. The summed E-state index contributed by atoms with van der Waals surface area (Å²) < 4.78 is 0. The number of carbonyl (C=O) groups excluding carboxylic acids is 1. The Labute approximate surface area is 107 Å². The number of hydrogen-bond acceptors (Lipinski definition) is 4. The lowest BCUT2D eigenvalue weighted by Gasteiger charge is -2.33. The van der Waals surface area contributed by atoms with Gasteiger partial charge in [0.05, 0.1) is 0 Å². The van der Waals surface area contributed by atoms with E-state index >= 15 is 0 Å².